The Morgan fingerprint density at radius 3 is 2.88 bits per heavy atom. The van der Waals surface area contributed by atoms with E-state index in [0.717, 1.165) is 0 Å². The number of hydrogen-bond donors (Lipinski definition) is 0. The van der Waals surface area contributed by atoms with E-state index in [-0.39, 0.29) is 11.4 Å². The largest absolute Gasteiger partial charge is 0.491 e. The molecule has 0 atom stereocenters. The molecule has 0 saturated heterocycles. The molecule has 0 aliphatic carbocycles. The van der Waals surface area contributed by atoms with Gasteiger partial charge in [0.15, 0.2) is 17.7 Å². The summed E-state index contributed by atoms with van der Waals surface area (Å²) in [6.07, 6.45) is 4.99. The third-order valence-electron chi connectivity index (χ3n) is 2.15. The van der Waals surface area contributed by atoms with Crippen LogP contribution in [0, 0.1) is 0 Å². The maximum absolute atomic E-state index is 11.6. The van der Waals surface area contributed by atoms with Gasteiger partial charge >= 0.3 is 0 Å². The van der Waals surface area contributed by atoms with Crippen LogP contribution in [0.1, 0.15) is 10.5 Å². The molecule has 0 spiro atoms. The summed E-state index contributed by atoms with van der Waals surface area (Å²) in [7, 11) is 1.36. The van der Waals surface area contributed by atoms with Crippen LogP contribution in [-0.4, -0.2) is 28.2 Å². The van der Waals surface area contributed by atoms with E-state index in [1.165, 1.54) is 18.0 Å². The standard InChI is InChI=1S/C11H9N3O3/c1-17-10-6-14(8-3-2-4-12-5-8)13-9(7-15)11(10)16/h2-7H,1H3. The number of pyridine rings is 1. The Kier molecular flexibility index (Phi) is 2.95. The molecule has 86 valence electrons. The van der Waals surface area contributed by atoms with Crippen LogP contribution in [0.4, 0.5) is 0 Å². The van der Waals surface area contributed by atoms with Gasteiger partial charge in [-0.25, -0.2) is 4.68 Å². The molecule has 17 heavy (non-hydrogen) atoms. The van der Waals surface area contributed by atoms with E-state index in [4.69, 9.17) is 4.74 Å². The minimum Gasteiger partial charge on any atom is -0.491 e. The van der Waals surface area contributed by atoms with Gasteiger partial charge in [0.25, 0.3) is 5.43 Å². The summed E-state index contributed by atoms with van der Waals surface area (Å²) in [4.78, 5) is 26.2. The minimum absolute atomic E-state index is 0.0611. The highest BCUT2D eigenvalue weighted by molar-refractivity contribution is 5.72. The van der Waals surface area contributed by atoms with Crippen LogP contribution in [-0.2, 0) is 0 Å². The SMILES string of the molecule is COc1cn(-c2cccnc2)nc(C=O)c1=O. The maximum atomic E-state index is 11.6. The second kappa shape index (κ2) is 4.56. The Balaban J connectivity index is 2.64. The molecule has 0 aromatic carbocycles. The van der Waals surface area contributed by atoms with E-state index in [9.17, 15) is 9.59 Å². The molecule has 2 rings (SSSR count). The first-order valence-electron chi connectivity index (χ1n) is 4.80. The molecule has 0 unspecified atom stereocenters. The average molecular weight is 231 g/mol. The van der Waals surface area contributed by atoms with Gasteiger partial charge in [0.1, 0.15) is 0 Å². The van der Waals surface area contributed by atoms with Gasteiger partial charge in [-0.05, 0) is 12.1 Å². The highest BCUT2D eigenvalue weighted by Gasteiger charge is 2.09. The molecule has 6 heteroatoms. The zero-order valence-electron chi connectivity index (χ0n) is 9.03. The first-order valence-corrected chi connectivity index (χ1v) is 4.80. The Hall–Kier alpha value is -2.50. The van der Waals surface area contributed by atoms with Gasteiger partial charge in [0.2, 0.25) is 0 Å². The molecule has 0 amide bonds. The zero-order valence-corrected chi connectivity index (χ0v) is 9.03. The van der Waals surface area contributed by atoms with Crippen molar-refractivity contribution in [3.8, 4) is 11.4 Å². The number of carbonyl (C=O) groups excluding carboxylic acids is 1. The lowest BCUT2D eigenvalue weighted by Gasteiger charge is -2.07. The minimum atomic E-state index is -0.525. The summed E-state index contributed by atoms with van der Waals surface area (Å²) in [6.45, 7) is 0. The van der Waals surface area contributed by atoms with Crippen LogP contribution >= 0.6 is 0 Å². The molecular weight excluding hydrogens is 222 g/mol. The third-order valence-corrected chi connectivity index (χ3v) is 2.15. The molecule has 0 bridgehead atoms. The van der Waals surface area contributed by atoms with Crippen molar-refractivity contribution >= 4 is 6.29 Å². The van der Waals surface area contributed by atoms with Crippen LogP contribution in [0.2, 0.25) is 0 Å². The van der Waals surface area contributed by atoms with Crippen molar-refractivity contribution in [3.05, 3.63) is 46.6 Å². The number of methoxy groups -OCH3 is 1. The number of nitrogens with zero attached hydrogens (tertiary/aromatic N) is 3. The van der Waals surface area contributed by atoms with E-state index < -0.39 is 5.43 Å². The Bertz CT molecular complexity index is 593. The van der Waals surface area contributed by atoms with Gasteiger partial charge in [-0.1, -0.05) is 0 Å². The maximum Gasteiger partial charge on any atom is 0.252 e. The number of rotatable bonds is 3. The molecule has 0 fully saturated rings. The quantitative estimate of drug-likeness (QED) is 0.717. The first kappa shape index (κ1) is 11.0. The summed E-state index contributed by atoms with van der Waals surface area (Å²) < 4.78 is 6.27. The fourth-order valence-corrected chi connectivity index (χ4v) is 1.33. The van der Waals surface area contributed by atoms with Crippen molar-refractivity contribution in [2.75, 3.05) is 7.11 Å². The predicted molar refractivity (Wildman–Crippen MR) is 59.6 cm³/mol. The van der Waals surface area contributed by atoms with Crippen LogP contribution in [0.25, 0.3) is 5.69 Å². The lowest BCUT2D eigenvalue weighted by molar-refractivity contribution is 0.111. The van der Waals surface area contributed by atoms with Crippen LogP contribution in [0.15, 0.2) is 35.5 Å². The van der Waals surface area contributed by atoms with Gasteiger partial charge in [0.05, 0.1) is 25.2 Å². The summed E-state index contributed by atoms with van der Waals surface area (Å²) in [5.41, 5.74) is -0.0928. The van der Waals surface area contributed by atoms with Crippen molar-refractivity contribution in [2.24, 2.45) is 0 Å². The summed E-state index contributed by atoms with van der Waals surface area (Å²) in [5.74, 6) is 0.0611. The van der Waals surface area contributed by atoms with E-state index in [0.29, 0.717) is 12.0 Å². The topological polar surface area (TPSA) is 74.1 Å². The number of ether oxygens (including phenoxy) is 1. The number of hydrogen-bond acceptors (Lipinski definition) is 5. The van der Waals surface area contributed by atoms with Crippen molar-refractivity contribution in [1.29, 1.82) is 0 Å². The van der Waals surface area contributed by atoms with Crippen LogP contribution in [0.5, 0.6) is 5.75 Å². The average Bonchev–Trinajstić information content (AvgIpc) is 2.40. The van der Waals surface area contributed by atoms with Gasteiger partial charge in [-0.15, -0.1) is 0 Å². The van der Waals surface area contributed by atoms with Gasteiger partial charge in [-0.3, -0.25) is 14.6 Å². The molecule has 0 N–H and O–H groups in total. The second-order valence-electron chi connectivity index (χ2n) is 3.19. The molecule has 6 nitrogen and oxygen atoms in total. The molecule has 2 heterocycles. The Labute approximate surface area is 96.5 Å². The second-order valence-corrected chi connectivity index (χ2v) is 3.19. The number of aldehydes is 1. The zero-order chi connectivity index (χ0) is 12.3. The van der Waals surface area contributed by atoms with Crippen molar-refractivity contribution in [2.45, 2.75) is 0 Å². The van der Waals surface area contributed by atoms with E-state index in [2.05, 4.69) is 10.1 Å². The Morgan fingerprint density at radius 2 is 2.29 bits per heavy atom. The molecule has 0 radical (unpaired) electrons. The first-order chi connectivity index (χ1) is 8.26. The number of carbonyl (C=O) groups is 1. The van der Waals surface area contributed by atoms with Crippen molar-refractivity contribution in [3.63, 3.8) is 0 Å². The lowest BCUT2D eigenvalue weighted by atomic mass is 10.3. The van der Waals surface area contributed by atoms with E-state index >= 15 is 0 Å². The molecule has 2 aromatic rings. The van der Waals surface area contributed by atoms with Crippen LogP contribution < -0.4 is 10.2 Å². The molecule has 0 aliphatic rings. The van der Waals surface area contributed by atoms with Crippen molar-refractivity contribution in [1.82, 2.24) is 14.8 Å². The highest BCUT2D eigenvalue weighted by atomic mass is 16.5. The fourth-order valence-electron chi connectivity index (χ4n) is 1.33. The van der Waals surface area contributed by atoms with Gasteiger partial charge < -0.3 is 4.74 Å². The van der Waals surface area contributed by atoms with Crippen molar-refractivity contribution < 1.29 is 9.53 Å². The van der Waals surface area contributed by atoms with E-state index in [1.807, 2.05) is 0 Å². The third kappa shape index (κ3) is 2.05. The molecule has 2 aromatic heterocycles. The summed E-state index contributed by atoms with van der Waals surface area (Å²) in [6, 6.07) is 3.47. The molecular formula is C11H9N3O3. The fraction of sp³-hybridized carbons (Fsp3) is 0.0909. The smallest absolute Gasteiger partial charge is 0.252 e. The Morgan fingerprint density at radius 1 is 1.47 bits per heavy atom. The summed E-state index contributed by atoms with van der Waals surface area (Å²) >= 11 is 0. The molecule has 0 aliphatic heterocycles. The normalized spacial score (nSPS) is 9.94. The van der Waals surface area contributed by atoms with Crippen LogP contribution in [0.3, 0.4) is 0 Å². The predicted octanol–water partition coefficient (Wildman–Crippen LogP) is 0.449. The molecule has 0 saturated carbocycles. The lowest BCUT2D eigenvalue weighted by Crippen LogP contribution is -2.18. The van der Waals surface area contributed by atoms with Gasteiger partial charge in [-0.2, -0.15) is 5.10 Å². The number of aromatic nitrogens is 3. The monoisotopic (exact) mass is 231 g/mol. The van der Waals surface area contributed by atoms with Gasteiger partial charge in [0, 0.05) is 6.20 Å². The summed E-state index contributed by atoms with van der Waals surface area (Å²) in [5, 5.41) is 3.89. The highest BCUT2D eigenvalue weighted by Crippen LogP contribution is 2.07. The van der Waals surface area contributed by atoms with E-state index in [1.54, 1.807) is 24.5 Å².